The highest BCUT2D eigenvalue weighted by Crippen LogP contribution is 2.22. The monoisotopic (exact) mass is 420 g/mol. The van der Waals surface area contributed by atoms with E-state index < -0.39 is 11.8 Å². The number of nitrogens with one attached hydrogen (secondary N) is 3. The van der Waals surface area contributed by atoms with Gasteiger partial charge in [-0.05, 0) is 42.5 Å². The predicted molar refractivity (Wildman–Crippen MR) is 112 cm³/mol. The van der Waals surface area contributed by atoms with Gasteiger partial charge in [0.2, 0.25) is 0 Å². The summed E-state index contributed by atoms with van der Waals surface area (Å²) in [4.78, 5) is 25.2. The van der Waals surface area contributed by atoms with E-state index in [0.29, 0.717) is 11.5 Å². The molecule has 1 aromatic carbocycles. The maximum atomic E-state index is 12.7. The largest absolute Gasteiger partial charge is 0.497 e. The topological polar surface area (TPSA) is 127 Å². The van der Waals surface area contributed by atoms with E-state index in [1.807, 2.05) is 24.3 Å². The van der Waals surface area contributed by atoms with Crippen molar-refractivity contribution in [2.75, 3.05) is 12.4 Å². The lowest BCUT2D eigenvalue weighted by Gasteiger charge is -2.04. The number of ether oxygens (including phenoxy) is 1. The van der Waals surface area contributed by atoms with Gasteiger partial charge in [0.05, 0.1) is 31.3 Å². The molecule has 0 atom stereocenters. The predicted octanol–water partition coefficient (Wildman–Crippen LogP) is 2.59. The molecule has 0 aliphatic carbocycles. The molecule has 0 unspecified atom stereocenters. The van der Waals surface area contributed by atoms with Crippen molar-refractivity contribution in [3.63, 3.8) is 0 Å². The molecule has 4 aromatic rings. The van der Waals surface area contributed by atoms with Crippen molar-refractivity contribution in [3.05, 3.63) is 72.1 Å². The molecule has 2 amide bonds. The number of methoxy groups -OCH3 is 1. The van der Waals surface area contributed by atoms with Crippen molar-refractivity contribution in [1.29, 1.82) is 0 Å². The van der Waals surface area contributed by atoms with Crippen molar-refractivity contribution in [2.24, 2.45) is 7.05 Å². The molecule has 158 valence electrons. The molecule has 10 heteroatoms. The molecular formula is C21H20N6O4. The third kappa shape index (κ3) is 4.47. The van der Waals surface area contributed by atoms with Crippen LogP contribution in [0, 0.1) is 0 Å². The highest BCUT2D eigenvalue weighted by molar-refractivity contribution is 6.07. The summed E-state index contributed by atoms with van der Waals surface area (Å²) in [5.74, 6) is 0.459. The molecule has 31 heavy (non-hydrogen) atoms. The summed E-state index contributed by atoms with van der Waals surface area (Å²) in [6.07, 6.45) is 3.08. The molecule has 3 N–H and O–H groups in total. The molecular weight excluding hydrogens is 400 g/mol. The molecule has 0 bridgehead atoms. The lowest BCUT2D eigenvalue weighted by atomic mass is 10.1. The van der Waals surface area contributed by atoms with Gasteiger partial charge in [0.25, 0.3) is 11.8 Å². The van der Waals surface area contributed by atoms with Gasteiger partial charge < -0.3 is 19.8 Å². The smallest absolute Gasteiger partial charge is 0.274 e. The van der Waals surface area contributed by atoms with Crippen LogP contribution in [0.3, 0.4) is 0 Å². The summed E-state index contributed by atoms with van der Waals surface area (Å²) in [6, 6.07) is 12.4. The van der Waals surface area contributed by atoms with Crippen molar-refractivity contribution >= 4 is 17.5 Å². The van der Waals surface area contributed by atoms with Gasteiger partial charge in [-0.25, -0.2) is 0 Å². The first-order chi connectivity index (χ1) is 15.0. The highest BCUT2D eigenvalue weighted by Gasteiger charge is 2.20. The zero-order chi connectivity index (χ0) is 21.8. The Balaban J connectivity index is 1.46. The minimum absolute atomic E-state index is 0.0947. The van der Waals surface area contributed by atoms with Crippen LogP contribution >= 0.6 is 0 Å². The maximum Gasteiger partial charge on any atom is 0.274 e. The number of benzene rings is 1. The number of carbonyl (C=O) groups is 2. The fourth-order valence-corrected chi connectivity index (χ4v) is 2.95. The number of nitrogens with zero attached hydrogens (tertiary/aromatic N) is 3. The normalized spacial score (nSPS) is 10.6. The van der Waals surface area contributed by atoms with Gasteiger partial charge in [-0.2, -0.15) is 10.2 Å². The lowest BCUT2D eigenvalue weighted by molar-refractivity contribution is 0.0943. The molecule has 4 rings (SSSR count). The Morgan fingerprint density at radius 1 is 1.19 bits per heavy atom. The van der Waals surface area contributed by atoms with E-state index in [2.05, 4.69) is 25.9 Å². The summed E-state index contributed by atoms with van der Waals surface area (Å²) < 4.78 is 11.8. The summed E-state index contributed by atoms with van der Waals surface area (Å²) in [5, 5.41) is 16.5. The molecule has 0 aliphatic heterocycles. The van der Waals surface area contributed by atoms with Gasteiger partial charge in [0, 0.05) is 18.8 Å². The Morgan fingerprint density at radius 2 is 2.00 bits per heavy atom. The van der Waals surface area contributed by atoms with E-state index in [4.69, 9.17) is 9.15 Å². The maximum absolute atomic E-state index is 12.7. The Hall–Kier alpha value is -4.34. The second-order valence-corrected chi connectivity index (χ2v) is 6.68. The second kappa shape index (κ2) is 8.57. The van der Waals surface area contributed by atoms with Crippen LogP contribution in [-0.2, 0) is 13.6 Å². The number of hydrogen-bond donors (Lipinski definition) is 3. The SMILES string of the molecule is COc1ccc(-c2cc(C(=O)Nc3cn(C)nc3C(=O)NCc3ccco3)[nH]n2)cc1. The number of aryl methyl sites for hydroxylation is 1. The highest BCUT2D eigenvalue weighted by atomic mass is 16.5. The number of hydrogen-bond acceptors (Lipinski definition) is 6. The number of carbonyl (C=O) groups excluding carboxylic acids is 2. The minimum atomic E-state index is -0.444. The second-order valence-electron chi connectivity index (χ2n) is 6.68. The molecule has 0 aliphatic rings. The molecule has 0 spiro atoms. The van der Waals surface area contributed by atoms with Crippen LogP contribution in [-0.4, -0.2) is 38.9 Å². The van der Waals surface area contributed by atoms with E-state index in [9.17, 15) is 9.59 Å². The number of aromatic nitrogens is 4. The van der Waals surface area contributed by atoms with E-state index in [0.717, 1.165) is 11.3 Å². The molecule has 3 aromatic heterocycles. The first-order valence-electron chi connectivity index (χ1n) is 9.39. The zero-order valence-corrected chi connectivity index (χ0v) is 16.9. The number of furan rings is 1. The Kier molecular flexibility index (Phi) is 5.52. The van der Waals surface area contributed by atoms with Gasteiger partial charge in [0.15, 0.2) is 5.69 Å². The van der Waals surface area contributed by atoms with E-state index in [1.54, 1.807) is 38.6 Å². The first kappa shape index (κ1) is 20.0. The van der Waals surface area contributed by atoms with Gasteiger partial charge in [-0.1, -0.05) is 0 Å². The minimum Gasteiger partial charge on any atom is -0.497 e. The van der Waals surface area contributed by atoms with Gasteiger partial charge in [0.1, 0.15) is 17.2 Å². The molecule has 0 fully saturated rings. The molecule has 0 radical (unpaired) electrons. The van der Waals surface area contributed by atoms with Crippen molar-refractivity contribution in [1.82, 2.24) is 25.3 Å². The number of anilines is 1. The average Bonchev–Trinajstić information content (AvgIpc) is 3.53. The van der Waals surface area contributed by atoms with E-state index in [1.165, 1.54) is 10.9 Å². The Morgan fingerprint density at radius 3 is 2.71 bits per heavy atom. The molecule has 3 heterocycles. The van der Waals surface area contributed by atoms with Gasteiger partial charge in [-0.3, -0.25) is 19.4 Å². The Bertz CT molecular complexity index is 1190. The summed E-state index contributed by atoms with van der Waals surface area (Å²) in [5.41, 5.74) is 2.06. The number of aromatic amines is 1. The van der Waals surface area contributed by atoms with E-state index >= 15 is 0 Å². The van der Waals surface area contributed by atoms with Crippen LogP contribution in [0.2, 0.25) is 0 Å². The van der Waals surface area contributed by atoms with Crippen LogP contribution in [0.15, 0.2) is 59.3 Å². The summed E-state index contributed by atoms with van der Waals surface area (Å²) in [7, 11) is 3.26. The van der Waals surface area contributed by atoms with E-state index in [-0.39, 0.29) is 23.6 Å². The number of amides is 2. The first-order valence-corrected chi connectivity index (χ1v) is 9.39. The zero-order valence-electron chi connectivity index (χ0n) is 16.9. The van der Waals surface area contributed by atoms with Gasteiger partial charge in [-0.15, -0.1) is 0 Å². The van der Waals surface area contributed by atoms with Crippen molar-refractivity contribution in [3.8, 4) is 17.0 Å². The summed E-state index contributed by atoms with van der Waals surface area (Å²) in [6.45, 7) is 0.210. The van der Waals surface area contributed by atoms with Crippen LogP contribution in [0.4, 0.5) is 5.69 Å². The third-order valence-electron chi connectivity index (χ3n) is 4.50. The van der Waals surface area contributed by atoms with Crippen LogP contribution < -0.4 is 15.4 Å². The summed E-state index contributed by atoms with van der Waals surface area (Å²) >= 11 is 0. The molecule has 0 saturated carbocycles. The standard InChI is InChI=1S/C21H20N6O4/c1-27-12-18(19(26-27)21(29)22-11-15-4-3-9-31-15)23-20(28)17-10-16(24-25-17)13-5-7-14(30-2)8-6-13/h3-10,12H,11H2,1-2H3,(H,22,29)(H,23,28)(H,24,25). The molecule has 0 saturated heterocycles. The molecule has 10 nitrogen and oxygen atoms in total. The fourth-order valence-electron chi connectivity index (χ4n) is 2.95. The van der Waals surface area contributed by atoms with Crippen molar-refractivity contribution < 1.29 is 18.7 Å². The number of rotatable bonds is 7. The Labute approximate surface area is 177 Å². The average molecular weight is 420 g/mol. The number of H-pyrrole nitrogens is 1. The third-order valence-corrected chi connectivity index (χ3v) is 4.50. The van der Waals surface area contributed by atoms with Crippen LogP contribution in [0.25, 0.3) is 11.3 Å². The fraction of sp³-hybridized carbons (Fsp3) is 0.143. The van der Waals surface area contributed by atoms with Crippen molar-refractivity contribution in [2.45, 2.75) is 6.54 Å². The quantitative estimate of drug-likeness (QED) is 0.422. The van der Waals surface area contributed by atoms with Crippen LogP contribution in [0.1, 0.15) is 26.7 Å². The lowest BCUT2D eigenvalue weighted by Crippen LogP contribution is -2.25. The van der Waals surface area contributed by atoms with Gasteiger partial charge >= 0.3 is 0 Å². The van der Waals surface area contributed by atoms with Crippen LogP contribution in [0.5, 0.6) is 5.75 Å².